The second-order valence-corrected chi connectivity index (χ2v) is 45.4. The third kappa shape index (κ3) is 52.1. The minimum atomic E-state index is -3.27. The molecule has 5 fully saturated rings. The molecule has 1 aliphatic carbocycles. The van der Waals surface area contributed by atoms with Crippen LogP contribution in [-0.4, -0.2) is 237 Å². The molecule has 4 unspecified atom stereocenters. The molecule has 0 bridgehead atoms. The van der Waals surface area contributed by atoms with Crippen LogP contribution in [-0.2, 0) is 83.0 Å². The second kappa shape index (κ2) is 65.8. The van der Waals surface area contributed by atoms with Crippen molar-refractivity contribution in [2.24, 2.45) is 0 Å². The number of para-hydroxylation sites is 5. The van der Waals surface area contributed by atoms with Crippen molar-refractivity contribution in [3.8, 4) is 0 Å². The van der Waals surface area contributed by atoms with Crippen molar-refractivity contribution in [2.45, 2.75) is 252 Å². The molecule has 4 atom stereocenters. The van der Waals surface area contributed by atoms with Crippen molar-refractivity contribution in [2.75, 3.05) is 108 Å². The van der Waals surface area contributed by atoms with Gasteiger partial charge in [-0.2, -0.15) is 0 Å². The summed E-state index contributed by atoms with van der Waals surface area (Å²) in [5.74, 6) is 5.14. The molecule has 14 rings (SSSR count). The third-order valence-electron chi connectivity index (χ3n) is 21.7. The van der Waals surface area contributed by atoms with Crippen LogP contribution in [0, 0.1) is 37.8 Å². The van der Waals surface area contributed by atoms with Gasteiger partial charge in [0.15, 0.2) is 0 Å². The van der Waals surface area contributed by atoms with Crippen LogP contribution in [0.1, 0.15) is 220 Å². The van der Waals surface area contributed by atoms with E-state index >= 15 is 0 Å². The zero-order valence-corrected chi connectivity index (χ0v) is 94.2. The number of nitrogen functional groups attached to an aromatic ring is 2. The number of aliphatic hydroxyl groups excluding tert-OH is 1. The van der Waals surface area contributed by atoms with E-state index in [1.54, 1.807) is 92.4 Å². The number of ether oxygens (including phenoxy) is 3. The zero-order chi connectivity index (χ0) is 109. The number of hydrogen-bond acceptors (Lipinski definition) is 35. The van der Waals surface area contributed by atoms with Gasteiger partial charge in [-0.25, -0.2) is 98.9 Å². The van der Waals surface area contributed by atoms with Crippen molar-refractivity contribution in [3.05, 3.63) is 246 Å². The molecular weight excluding hydrogens is 2170 g/mol. The molecule has 5 aromatic heterocycles. The van der Waals surface area contributed by atoms with E-state index in [0.717, 1.165) is 126 Å². The summed E-state index contributed by atoms with van der Waals surface area (Å²) in [6.45, 7) is 27.9. The van der Waals surface area contributed by atoms with Crippen LogP contribution in [0.5, 0.6) is 0 Å². The van der Waals surface area contributed by atoms with E-state index in [2.05, 4.69) is 89.9 Å². The van der Waals surface area contributed by atoms with Crippen LogP contribution >= 0.6 is 45.5 Å². The molecule has 9 aromatic rings. The number of hydrogen-bond donors (Lipinski definition) is 8. The van der Waals surface area contributed by atoms with Gasteiger partial charge in [-0.3, -0.25) is 30.3 Å². The Hall–Kier alpha value is -11.4. The number of alkyl carbamates (subject to hydrolysis) is 3. The number of benzene rings is 4. The number of carbonyl (C=O) groups excluding carboxylic acids is 3. The minimum Gasteiger partial charge on any atom is -0.444 e. The monoisotopic (exact) mass is 2310 g/mol. The fourth-order valence-electron chi connectivity index (χ4n) is 15.5. The smallest absolute Gasteiger partial charge is 0.407 e. The minimum absolute atomic E-state index is 0. The van der Waals surface area contributed by atoms with Gasteiger partial charge >= 0.3 is 18.3 Å². The number of rotatable bonds is 26. The first-order valence-corrected chi connectivity index (χ1v) is 55.5. The maximum absolute atomic E-state index is 12.1. The van der Waals surface area contributed by atoms with Gasteiger partial charge in [0, 0.05) is 206 Å². The average molecular weight is 2320 g/mol. The van der Waals surface area contributed by atoms with Gasteiger partial charge in [0.05, 0.1) is 32.0 Å². The number of nitrogens with two attached hydrogens (primary N) is 2. The predicted octanol–water partition coefficient (Wildman–Crippen LogP) is 17.1. The van der Waals surface area contributed by atoms with Crippen LogP contribution in [0.25, 0.3) is 0 Å². The number of nitro benzene ring substituents is 3. The fraction of sp³-hybridized carbons (Fsp3) is 0.515. The molecule has 150 heavy (non-hydrogen) atoms. The Morgan fingerprint density at radius 2 is 0.693 bits per heavy atom. The first-order valence-electron chi connectivity index (χ1n) is 48.6. The molecule has 10 N–H and O–H groups in total. The normalized spacial score (nSPS) is 16.1. The van der Waals surface area contributed by atoms with Crippen LogP contribution in [0.4, 0.5) is 66.1 Å². The van der Waals surface area contributed by atoms with Gasteiger partial charge in [-0.15, -0.1) is 0 Å². The van der Waals surface area contributed by atoms with E-state index in [1.165, 1.54) is 49.7 Å². The Bertz CT molecular complexity index is 6030. The van der Waals surface area contributed by atoms with Gasteiger partial charge in [0.2, 0.25) is 39.7 Å². The molecule has 830 valence electrons. The van der Waals surface area contributed by atoms with E-state index in [0.29, 0.717) is 97.5 Å². The number of sulfonamides is 2. The molecule has 3 amide bonds. The molecule has 4 aromatic carbocycles. The van der Waals surface area contributed by atoms with Crippen molar-refractivity contribution >= 4 is 145 Å². The quantitative estimate of drug-likeness (QED) is 0.00287. The Kier molecular flexibility index (Phi) is 57.4. The number of piperidine rings is 4. The number of aromatic nitrogens is 10. The third-order valence-corrected chi connectivity index (χ3v) is 26.9. The first kappa shape index (κ1) is 131. The summed E-state index contributed by atoms with van der Waals surface area (Å²) >= 11 is 16.6. The molecule has 4 saturated heterocycles. The number of nitrogens with one attached hydrogen (secondary N) is 5. The van der Waals surface area contributed by atoms with E-state index in [-0.39, 0.29) is 128 Å². The number of amides is 3. The zero-order valence-electron chi connectivity index (χ0n) is 87.2. The summed E-state index contributed by atoms with van der Waals surface area (Å²) < 4.78 is 89.7. The summed E-state index contributed by atoms with van der Waals surface area (Å²) in [5, 5.41) is 49.1. The molecular formula is C99H143Cl4N24O19PdS3-. The van der Waals surface area contributed by atoms with Crippen LogP contribution in [0.3, 0.4) is 0 Å². The van der Waals surface area contributed by atoms with E-state index in [1.807, 2.05) is 124 Å². The van der Waals surface area contributed by atoms with Crippen LogP contribution < -0.4 is 56.5 Å². The number of aliphatic hydroxyl groups is 1. The topological polar surface area (TPSA) is 585 Å². The van der Waals surface area contributed by atoms with Gasteiger partial charge < -0.3 is 73.8 Å². The summed E-state index contributed by atoms with van der Waals surface area (Å²) in [4.78, 5) is 117. The molecule has 0 radical (unpaired) electrons. The number of anilines is 6. The van der Waals surface area contributed by atoms with Crippen LogP contribution in [0.15, 0.2) is 158 Å². The number of nitro groups is 3. The number of halogens is 4. The van der Waals surface area contributed by atoms with Crippen LogP contribution in [0.2, 0.25) is 15.7 Å². The van der Waals surface area contributed by atoms with Crippen molar-refractivity contribution in [1.82, 2.24) is 75.2 Å². The summed E-state index contributed by atoms with van der Waals surface area (Å²) in [6.07, 6.45) is 23.0. The summed E-state index contributed by atoms with van der Waals surface area (Å²) in [6, 6.07) is 35.9. The largest absolute Gasteiger partial charge is 0.444 e. The van der Waals surface area contributed by atoms with Gasteiger partial charge in [0.1, 0.15) is 68.4 Å². The molecule has 5 aliphatic rings. The maximum Gasteiger partial charge on any atom is 0.407 e. The predicted molar refractivity (Wildman–Crippen MR) is 583 cm³/mol. The molecule has 4 aliphatic heterocycles. The second-order valence-electron chi connectivity index (χ2n) is 37.7. The van der Waals surface area contributed by atoms with Crippen molar-refractivity contribution in [3.63, 3.8) is 0 Å². The molecule has 9 heterocycles. The molecule has 1 saturated carbocycles. The molecule has 0 spiro atoms. The van der Waals surface area contributed by atoms with E-state index < -0.39 is 66.8 Å². The Labute approximate surface area is 913 Å². The SMILES string of the molecule is CC(C)(C)OC(=O)NC1CCCCC1.CC(C)(C)OC(=O)NC1CCCN(c2ccnc(Cc3ccccc3[N+](=O)[O-])n2)C1.CC(C)(C)OC(=O)NC1CCCN(c2ccnc(Cl)n2)C1.CCCS(=O)(=O)Cl.CCCS(=O)(=O)NC1CCCN(c2ccnc(Cc3ccccc3N)n2)C1.CCCS(=O)(=O)NC1CCCN(c2ccnc(Cc3ccccc3[N+](=O)[O-])n2)C1.CO.Clc1ccnc(Cl)n1.Nc1ccccc1[N+](=O)[O-].[CH3-].[Pd]. The van der Waals surface area contributed by atoms with Gasteiger partial charge in [0.25, 0.3) is 17.1 Å². The summed E-state index contributed by atoms with van der Waals surface area (Å²) in [5.41, 5.74) is 13.0. The van der Waals surface area contributed by atoms with E-state index in [4.69, 9.17) is 76.3 Å². The van der Waals surface area contributed by atoms with Gasteiger partial charge in [-0.05, 0) is 217 Å². The van der Waals surface area contributed by atoms with E-state index in [9.17, 15) is 70.0 Å². The number of nitrogens with zero attached hydrogens (tertiary/aromatic N) is 17. The fourth-order valence-corrected chi connectivity index (χ4v) is 19.7. The first-order chi connectivity index (χ1) is 69.9. The standard InChI is InChI=1S/C21H27N5O4.C19H25N5O4S.C19H27N5O2S.C14H21ClN4O2.C11H21NO2.C6H6N2O2.C4H2Cl2N2.C3H7ClO2S.CH4O.CH3.Pd/c1-21(2,3)30-20(27)23-16-8-6-12-25(14-16)19-10-11-22-18(24-19)13-15-7-4-5-9-17(15)26(28)29;1-2-12-29(27,28)22-16-7-5-11-23(14-16)19-9-10-20-18(21-19)13-15-6-3-4-8-17(15)24(25)26;1-2-12-27(25,26)23-16-7-5-11-24(14-16)19-9-10-21-18(22-19)13-15-6-3-4-8-17(15)20;1-14(2,3)21-13(20)17-10-5-4-8-19(9-10)11-6-7-16-12(15)18-11;1-11(2,3)14-10(13)12-9-7-5-4-6-8-9;7-5-3-1-2-4-6(5)8(9)10;5-3-1-2-7-4(6)8-3;1-2-3-7(4,5)6;1-2;;/h4-5,7,9-11,16H,6,8,12-14H2,1-3H3,(H,23,27);3-4,6,8-10,16,22H,2,5,7,11-14H2,1H3;3-4,6,8-10,16,23H,2,5,7,11-14,20H2,1H3;6-7,10H,4-5,8-9H2,1-3H3,(H,17,20);9H,4-8H2,1-3H3,(H,12,13);1-4H,7H2;1-2H;2-3H2,1H3;2H,1H3;1H3;/q;;;;;;;;;-1;. The molecule has 43 nitrogen and oxygen atoms in total. The maximum atomic E-state index is 12.1. The Balaban J connectivity index is 0.000000370. The summed E-state index contributed by atoms with van der Waals surface area (Å²) in [7, 11) is -3.88. The van der Waals surface area contributed by atoms with Crippen molar-refractivity contribution in [1.29, 1.82) is 0 Å². The average Bonchev–Trinajstić information content (AvgIpc) is 0.827. The Morgan fingerprint density at radius 3 is 1.00 bits per heavy atom. The Morgan fingerprint density at radius 1 is 0.400 bits per heavy atom. The number of carbonyl (C=O) groups is 3. The molecule has 51 heteroatoms. The van der Waals surface area contributed by atoms with Gasteiger partial charge in [-0.1, -0.05) is 118 Å². The van der Waals surface area contributed by atoms with Crippen molar-refractivity contribution < 1.29 is 94.1 Å².